The van der Waals surface area contributed by atoms with Crippen molar-refractivity contribution < 1.29 is 32.7 Å². The monoisotopic (exact) mass is 602 g/mol. The maximum Gasteiger partial charge on any atom is 0.459 e. The van der Waals surface area contributed by atoms with E-state index in [0.717, 1.165) is 12.0 Å². The van der Waals surface area contributed by atoms with Crippen molar-refractivity contribution in [2.24, 2.45) is 5.41 Å². The third-order valence-corrected chi connectivity index (χ3v) is 8.20. The van der Waals surface area contributed by atoms with E-state index in [2.05, 4.69) is 20.0 Å². The Morgan fingerprint density at radius 2 is 2.00 bits per heavy atom. The van der Waals surface area contributed by atoms with Crippen LogP contribution >= 0.6 is 7.75 Å². The molecule has 15 heteroatoms. The minimum Gasteiger partial charge on any atom is -0.465 e. The molecule has 4 atom stereocenters. The summed E-state index contributed by atoms with van der Waals surface area (Å²) in [5.74, 6) is -0.923. The number of carbonyl (C=O) groups is 2. The number of aromatic amines is 1. The highest BCUT2D eigenvalue weighted by Gasteiger charge is 2.52. The number of hydrogen-bond donors (Lipinski definition) is 3. The molecular formula is C27H35N6O8P. The lowest BCUT2D eigenvalue weighted by atomic mass is 10.1. The topological polar surface area (TPSA) is 190 Å². The van der Waals surface area contributed by atoms with Crippen LogP contribution in [0.15, 0.2) is 47.0 Å². The molecule has 0 spiro atoms. The van der Waals surface area contributed by atoms with Crippen LogP contribution < -0.4 is 20.9 Å². The third kappa shape index (κ3) is 7.64. The zero-order valence-electron chi connectivity index (χ0n) is 23.9. The van der Waals surface area contributed by atoms with Gasteiger partial charge in [0.1, 0.15) is 24.7 Å². The fourth-order valence-electron chi connectivity index (χ4n) is 4.25. The number of carbonyl (C=O) groups excluding carboxylic acids is 2. The summed E-state index contributed by atoms with van der Waals surface area (Å²) in [4.78, 5) is 47.2. The Labute approximate surface area is 242 Å². The molecule has 1 fully saturated rings. The molecule has 3 aromatic rings. The van der Waals surface area contributed by atoms with Crippen LogP contribution in [0.4, 0.5) is 5.95 Å². The molecule has 2 aromatic heterocycles. The molecule has 4 rings (SSSR count). The predicted octanol–water partition coefficient (Wildman–Crippen LogP) is 3.41. The Kier molecular flexibility index (Phi) is 9.50. The first-order valence-corrected chi connectivity index (χ1v) is 15.0. The molecule has 0 bridgehead atoms. The van der Waals surface area contributed by atoms with E-state index in [0.29, 0.717) is 12.8 Å². The average Bonchev–Trinajstić information content (AvgIpc) is 3.46. The molecule has 42 heavy (non-hydrogen) atoms. The zero-order chi connectivity index (χ0) is 30.5. The molecule has 2 heterocycles. The van der Waals surface area contributed by atoms with Crippen molar-refractivity contribution in [2.45, 2.75) is 59.1 Å². The maximum atomic E-state index is 14.0. The number of fused-ring (bicyclic) bond motifs is 1. The molecule has 0 aliphatic heterocycles. The highest BCUT2D eigenvalue weighted by Crippen LogP contribution is 2.56. The Morgan fingerprint density at radius 3 is 2.69 bits per heavy atom. The first-order valence-electron chi connectivity index (χ1n) is 13.5. The minimum atomic E-state index is -4.18. The molecule has 1 aromatic carbocycles. The zero-order valence-corrected chi connectivity index (χ0v) is 24.8. The average molecular weight is 603 g/mol. The van der Waals surface area contributed by atoms with E-state index in [1.807, 2.05) is 6.92 Å². The summed E-state index contributed by atoms with van der Waals surface area (Å²) in [6, 6.07) is 7.36. The Morgan fingerprint density at radius 1 is 1.26 bits per heavy atom. The van der Waals surface area contributed by atoms with Crippen LogP contribution in [0.3, 0.4) is 0 Å². The number of H-pyrrole nitrogens is 1. The number of benzene rings is 1. The van der Waals surface area contributed by atoms with Gasteiger partial charge >= 0.3 is 19.7 Å². The van der Waals surface area contributed by atoms with Crippen molar-refractivity contribution in [3.05, 3.63) is 52.6 Å². The van der Waals surface area contributed by atoms with Crippen molar-refractivity contribution in [2.75, 3.05) is 18.9 Å². The quantitative estimate of drug-likeness (QED) is 0.180. The summed E-state index contributed by atoms with van der Waals surface area (Å²) in [5, 5.41) is 2.68. The number of aromatic nitrogens is 4. The first-order chi connectivity index (χ1) is 19.9. The van der Waals surface area contributed by atoms with E-state index in [4.69, 9.17) is 24.3 Å². The van der Waals surface area contributed by atoms with Gasteiger partial charge in [0, 0.05) is 13.1 Å². The summed E-state index contributed by atoms with van der Waals surface area (Å²) in [6.45, 7) is 6.28. The lowest BCUT2D eigenvalue weighted by Crippen LogP contribution is -2.37. The van der Waals surface area contributed by atoms with Crippen LogP contribution in [0.25, 0.3) is 17.4 Å². The summed E-state index contributed by atoms with van der Waals surface area (Å²) in [6.07, 6.45) is 4.70. The number of anilines is 1. The fourth-order valence-corrected chi connectivity index (χ4v) is 5.83. The smallest absolute Gasteiger partial charge is 0.459 e. The van der Waals surface area contributed by atoms with Crippen LogP contribution in [0.2, 0.25) is 0 Å². The van der Waals surface area contributed by atoms with E-state index in [-0.39, 0.29) is 42.2 Å². The van der Waals surface area contributed by atoms with Crippen LogP contribution in [0.5, 0.6) is 5.75 Å². The molecule has 0 radical (unpaired) electrons. The normalized spacial score (nSPS) is 20.0. The molecule has 0 saturated heterocycles. The van der Waals surface area contributed by atoms with Crippen LogP contribution in [0, 0.1) is 5.41 Å². The van der Waals surface area contributed by atoms with Crippen LogP contribution in [-0.4, -0.2) is 56.8 Å². The van der Waals surface area contributed by atoms with Crippen LogP contribution in [0.1, 0.15) is 47.0 Å². The van der Waals surface area contributed by atoms with Gasteiger partial charge in [0.15, 0.2) is 11.2 Å². The largest absolute Gasteiger partial charge is 0.465 e. The van der Waals surface area contributed by atoms with Gasteiger partial charge in [-0.1, -0.05) is 31.5 Å². The second-order valence-corrected chi connectivity index (χ2v) is 11.9. The van der Waals surface area contributed by atoms with E-state index < -0.39 is 36.7 Å². The summed E-state index contributed by atoms with van der Waals surface area (Å²) >= 11 is 0. The standard InChI is InChI=1S/C27H35N6O8P/c1-5-9-17(2)40-25(36)18(3)32-42(37,41-21-10-7-6-8-11-21)39-15-27(14-38-19(4)34)12-20(27)13-33-16-29-22-23(33)30-26(28)31-24(22)35/h6-8,10-11,13,16-18H,5,9,12,14-15H2,1-4H3,(H,32,37)(H3,28,30,31,35)/b20-13-/t17?,18?,27-,42-/m0/s1. The lowest BCUT2D eigenvalue weighted by molar-refractivity contribution is -0.150. The van der Waals surface area contributed by atoms with Gasteiger partial charge in [-0.2, -0.15) is 10.1 Å². The van der Waals surface area contributed by atoms with Gasteiger partial charge in [-0.05, 0) is 44.4 Å². The number of nitrogen functional groups attached to an aromatic ring is 1. The van der Waals surface area contributed by atoms with E-state index in [9.17, 15) is 18.9 Å². The van der Waals surface area contributed by atoms with Gasteiger partial charge in [0.2, 0.25) is 5.95 Å². The number of nitrogens with zero attached hydrogens (tertiary/aromatic N) is 3. The number of rotatable bonds is 14. The van der Waals surface area contributed by atoms with Crippen molar-refractivity contribution in [3.63, 3.8) is 0 Å². The highest BCUT2D eigenvalue weighted by atomic mass is 31.2. The van der Waals surface area contributed by atoms with Gasteiger partial charge in [0.05, 0.1) is 18.1 Å². The van der Waals surface area contributed by atoms with E-state index in [1.165, 1.54) is 24.7 Å². The second kappa shape index (κ2) is 12.9. The molecule has 226 valence electrons. The number of imidazole rings is 1. The van der Waals surface area contributed by atoms with Crippen molar-refractivity contribution in [1.82, 2.24) is 24.6 Å². The Balaban J connectivity index is 1.58. The molecular weight excluding hydrogens is 567 g/mol. The molecule has 2 unspecified atom stereocenters. The van der Waals surface area contributed by atoms with Crippen molar-refractivity contribution in [3.8, 4) is 5.75 Å². The first kappa shape index (κ1) is 30.9. The van der Waals surface area contributed by atoms with Gasteiger partial charge in [-0.15, -0.1) is 0 Å². The molecule has 1 aliphatic rings. The van der Waals surface area contributed by atoms with Crippen molar-refractivity contribution in [1.29, 1.82) is 0 Å². The number of para-hydroxylation sites is 1. The van der Waals surface area contributed by atoms with E-state index in [1.54, 1.807) is 43.5 Å². The molecule has 1 aliphatic carbocycles. The molecule has 14 nitrogen and oxygen atoms in total. The minimum absolute atomic E-state index is 0.0697. The predicted molar refractivity (Wildman–Crippen MR) is 154 cm³/mol. The molecule has 0 amide bonds. The maximum absolute atomic E-state index is 14.0. The summed E-state index contributed by atoms with van der Waals surface area (Å²) < 4.78 is 38.0. The lowest BCUT2D eigenvalue weighted by Gasteiger charge is -2.25. The second-order valence-electron chi connectivity index (χ2n) is 10.2. The summed E-state index contributed by atoms with van der Waals surface area (Å²) in [5.41, 5.74) is 5.43. The molecule has 1 saturated carbocycles. The number of esters is 2. The fraction of sp³-hybridized carbons (Fsp3) is 0.444. The number of ether oxygens (including phenoxy) is 2. The Hall–Kier alpha value is -4.00. The Bertz CT molecular complexity index is 1570. The van der Waals surface area contributed by atoms with Gasteiger partial charge in [-0.25, -0.2) is 9.55 Å². The van der Waals surface area contributed by atoms with Gasteiger partial charge in [-0.3, -0.25) is 28.5 Å². The van der Waals surface area contributed by atoms with Gasteiger partial charge < -0.3 is 19.7 Å². The van der Waals surface area contributed by atoms with E-state index >= 15 is 0 Å². The van der Waals surface area contributed by atoms with Crippen molar-refractivity contribution >= 4 is 43.0 Å². The van der Waals surface area contributed by atoms with Gasteiger partial charge in [0.25, 0.3) is 5.56 Å². The highest BCUT2D eigenvalue weighted by molar-refractivity contribution is 7.52. The third-order valence-electron chi connectivity index (χ3n) is 6.58. The molecule has 4 N–H and O–H groups in total. The number of hydrogen-bond acceptors (Lipinski definition) is 11. The SMILES string of the molecule is CCCC(C)OC(=O)C(C)N[P@](=O)(OC[C@@]1(COC(C)=O)C/C1=C/n1cnc2c(=O)[nH]c(N)nc21)Oc1ccccc1. The van der Waals surface area contributed by atoms with Crippen LogP contribution in [-0.2, 0) is 28.2 Å². The number of nitrogens with one attached hydrogen (secondary N) is 2. The summed E-state index contributed by atoms with van der Waals surface area (Å²) in [7, 11) is -4.18. The number of nitrogens with two attached hydrogens (primary N) is 1.